The van der Waals surface area contributed by atoms with Gasteiger partial charge in [0, 0.05) is 38.4 Å². The van der Waals surface area contributed by atoms with E-state index in [1.807, 2.05) is 0 Å². The van der Waals surface area contributed by atoms with Gasteiger partial charge in [0.2, 0.25) is 5.95 Å². The Morgan fingerprint density at radius 3 is 2.79 bits per heavy atom. The second-order valence-electron chi connectivity index (χ2n) is 6.17. The third-order valence-electron chi connectivity index (χ3n) is 4.36. The van der Waals surface area contributed by atoms with Crippen LogP contribution in [0.25, 0.3) is 0 Å². The van der Waals surface area contributed by atoms with Crippen LogP contribution in [-0.2, 0) is 4.74 Å². The van der Waals surface area contributed by atoms with Crippen molar-refractivity contribution in [2.24, 2.45) is 0 Å². The Hall–Kier alpha value is -2.91. The van der Waals surface area contributed by atoms with E-state index >= 15 is 0 Å². The van der Waals surface area contributed by atoms with Crippen LogP contribution in [0.4, 0.5) is 11.6 Å². The lowest BCUT2D eigenvalue weighted by atomic mass is 10.2. The standard InChI is InChI=1S/C19H25N5O4/c1-26-14-3-4-17(27-2)16(13-14)23-19-21-6-5-15(22-19)18(25)20-7-8-24-9-11-28-12-10-24/h3-6,13H,7-12H2,1-2H3,(H,20,25)(H,21,22,23). The highest BCUT2D eigenvalue weighted by Crippen LogP contribution is 2.30. The molecule has 1 aliphatic heterocycles. The Balaban J connectivity index is 1.61. The van der Waals surface area contributed by atoms with E-state index in [0.717, 1.165) is 32.8 Å². The summed E-state index contributed by atoms with van der Waals surface area (Å²) < 4.78 is 15.9. The summed E-state index contributed by atoms with van der Waals surface area (Å²) in [6.07, 6.45) is 1.54. The number of amides is 1. The molecule has 1 aromatic heterocycles. The highest BCUT2D eigenvalue weighted by molar-refractivity contribution is 5.92. The predicted molar refractivity (Wildman–Crippen MR) is 104 cm³/mol. The third kappa shape index (κ3) is 5.30. The molecule has 2 heterocycles. The Morgan fingerprint density at radius 1 is 1.21 bits per heavy atom. The van der Waals surface area contributed by atoms with Crippen LogP contribution in [0.1, 0.15) is 10.5 Å². The minimum atomic E-state index is -0.240. The number of nitrogens with one attached hydrogen (secondary N) is 2. The number of carbonyl (C=O) groups excluding carboxylic acids is 1. The molecule has 9 nitrogen and oxygen atoms in total. The van der Waals surface area contributed by atoms with Gasteiger partial charge in [0.15, 0.2) is 0 Å². The molecule has 1 aromatic carbocycles. The SMILES string of the molecule is COc1ccc(OC)c(Nc2nccc(C(=O)NCCN3CCOCC3)n2)c1. The zero-order valence-electron chi connectivity index (χ0n) is 16.1. The summed E-state index contributed by atoms with van der Waals surface area (Å²) in [5.74, 6) is 1.34. The second kappa shape index (κ2) is 9.86. The number of rotatable bonds is 8. The quantitative estimate of drug-likeness (QED) is 0.700. The van der Waals surface area contributed by atoms with Crippen molar-refractivity contribution in [1.29, 1.82) is 0 Å². The number of anilines is 2. The lowest BCUT2D eigenvalue weighted by molar-refractivity contribution is 0.0383. The average molecular weight is 387 g/mol. The van der Waals surface area contributed by atoms with Gasteiger partial charge >= 0.3 is 0 Å². The van der Waals surface area contributed by atoms with Gasteiger partial charge in [-0.25, -0.2) is 9.97 Å². The van der Waals surface area contributed by atoms with Gasteiger partial charge in [-0.15, -0.1) is 0 Å². The van der Waals surface area contributed by atoms with Crippen LogP contribution in [0.15, 0.2) is 30.5 Å². The van der Waals surface area contributed by atoms with Crippen LogP contribution in [0.3, 0.4) is 0 Å². The number of aromatic nitrogens is 2. The Kier molecular flexibility index (Phi) is 6.99. The minimum Gasteiger partial charge on any atom is -0.497 e. The highest BCUT2D eigenvalue weighted by Gasteiger charge is 2.13. The van der Waals surface area contributed by atoms with Gasteiger partial charge in [-0.3, -0.25) is 9.69 Å². The lowest BCUT2D eigenvalue weighted by Crippen LogP contribution is -2.41. The third-order valence-corrected chi connectivity index (χ3v) is 4.36. The van der Waals surface area contributed by atoms with Gasteiger partial charge < -0.3 is 24.8 Å². The number of nitrogens with zero attached hydrogens (tertiary/aromatic N) is 3. The maximum Gasteiger partial charge on any atom is 0.270 e. The van der Waals surface area contributed by atoms with Gasteiger partial charge in [0.05, 0.1) is 33.1 Å². The van der Waals surface area contributed by atoms with Crippen LogP contribution in [0, 0.1) is 0 Å². The maximum absolute atomic E-state index is 12.4. The van der Waals surface area contributed by atoms with Crippen LogP contribution < -0.4 is 20.1 Å². The van der Waals surface area contributed by atoms with Crippen LogP contribution in [-0.4, -0.2) is 74.4 Å². The largest absolute Gasteiger partial charge is 0.497 e. The molecule has 0 saturated carbocycles. The van der Waals surface area contributed by atoms with E-state index in [9.17, 15) is 4.79 Å². The molecule has 1 aliphatic rings. The van der Waals surface area contributed by atoms with Crippen molar-refractivity contribution in [2.75, 3.05) is 58.9 Å². The summed E-state index contributed by atoms with van der Waals surface area (Å²) in [4.78, 5) is 23.1. The van der Waals surface area contributed by atoms with Crippen LogP contribution in [0.2, 0.25) is 0 Å². The fourth-order valence-electron chi connectivity index (χ4n) is 2.82. The minimum absolute atomic E-state index is 0.240. The summed E-state index contributed by atoms with van der Waals surface area (Å²) in [6, 6.07) is 6.93. The molecule has 150 valence electrons. The number of methoxy groups -OCH3 is 2. The average Bonchev–Trinajstić information content (AvgIpc) is 2.74. The van der Waals surface area contributed by atoms with Crippen LogP contribution in [0.5, 0.6) is 11.5 Å². The molecule has 0 radical (unpaired) electrons. The molecule has 0 bridgehead atoms. The van der Waals surface area contributed by atoms with Crippen molar-refractivity contribution >= 4 is 17.5 Å². The molecule has 1 fully saturated rings. The molecular weight excluding hydrogens is 362 g/mol. The molecular formula is C19H25N5O4. The molecule has 2 N–H and O–H groups in total. The summed E-state index contributed by atoms with van der Waals surface area (Å²) >= 11 is 0. The molecule has 2 aromatic rings. The van der Waals surface area contributed by atoms with E-state index in [1.54, 1.807) is 44.7 Å². The summed E-state index contributed by atoms with van der Waals surface area (Å²) in [5, 5.41) is 5.97. The Morgan fingerprint density at radius 2 is 2.04 bits per heavy atom. The highest BCUT2D eigenvalue weighted by atomic mass is 16.5. The molecule has 0 spiro atoms. The number of morpholine rings is 1. The number of hydrogen-bond donors (Lipinski definition) is 2. The maximum atomic E-state index is 12.4. The molecule has 3 rings (SSSR count). The van der Waals surface area contributed by atoms with E-state index in [2.05, 4.69) is 25.5 Å². The molecule has 0 unspecified atom stereocenters. The molecule has 0 aliphatic carbocycles. The van der Waals surface area contributed by atoms with E-state index in [1.165, 1.54) is 0 Å². The number of carbonyl (C=O) groups is 1. The summed E-state index contributed by atoms with van der Waals surface area (Å²) in [7, 11) is 3.16. The summed E-state index contributed by atoms with van der Waals surface area (Å²) in [5.41, 5.74) is 0.938. The first-order valence-electron chi connectivity index (χ1n) is 9.10. The van der Waals surface area contributed by atoms with Crippen molar-refractivity contribution in [2.45, 2.75) is 0 Å². The fraction of sp³-hybridized carbons (Fsp3) is 0.421. The Bertz CT molecular complexity index is 796. The van der Waals surface area contributed by atoms with Gasteiger partial charge in [-0.1, -0.05) is 0 Å². The van der Waals surface area contributed by atoms with Crippen molar-refractivity contribution in [1.82, 2.24) is 20.2 Å². The van der Waals surface area contributed by atoms with Gasteiger partial charge in [-0.05, 0) is 18.2 Å². The Labute approximate surface area is 164 Å². The van der Waals surface area contributed by atoms with Gasteiger partial charge in [0.1, 0.15) is 17.2 Å². The van der Waals surface area contributed by atoms with Crippen molar-refractivity contribution in [3.05, 3.63) is 36.2 Å². The van der Waals surface area contributed by atoms with Crippen molar-refractivity contribution in [3.63, 3.8) is 0 Å². The molecule has 1 saturated heterocycles. The first-order chi connectivity index (χ1) is 13.7. The lowest BCUT2D eigenvalue weighted by Gasteiger charge is -2.26. The molecule has 1 amide bonds. The first kappa shape index (κ1) is 19.8. The summed E-state index contributed by atoms with van der Waals surface area (Å²) in [6.45, 7) is 4.59. The van der Waals surface area contributed by atoms with Gasteiger partial charge in [-0.2, -0.15) is 0 Å². The second-order valence-corrected chi connectivity index (χ2v) is 6.17. The van der Waals surface area contributed by atoms with Crippen molar-refractivity contribution < 1.29 is 19.0 Å². The van der Waals surface area contributed by atoms with Gasteiger partial charge in [0.25, 0.3) is 5.91 Å². The van der Waals surface area contributed by atoms with E-state index in [4.69, 9.17) is 14.2 Å². The molecule has 28 heavy (non-hydrogen) atoms. The zero-order chi connectivity index (χ0) is 19.8. The van der Waals surface area contributed by atoms with E-state index < -0.39 is 0 Å². The van der Waals surface area contributed by atoms with E-state index in [0.29, 0.717) is 35.4 Å². The van der Waals surface area contributed by atoms with Crippen LogP contribution >= 0.6 is 0 Å². The van der Waals surface area contributed by atoms with E-state index in [-0.39, 0.29) is 5.91 Å². The smallest absolute Gasteiger partial charge is 0.270 e. The number of ether oxygens (including phenoxy) is 3. The van der Waals surface area contributed by atoms with Crippen molar-refractivity contribution in [3.8, 4) is 11.5 Å². The number of benzene rings is 1. The first-order valence-corrected chi connectivity index (χ1v) is 9.10. The number of hydrogen-bond acceptors (Lipinski definition) is 8. The normalized spacial score (nSPS) is 14.4. The molecule has 0 atom stereocenters. The topological polar surface area (TPSA) is 97.8 Å². The monoisotopic (exact) mass is 387 g/mol. The molecule has 9 heteroatoms. The predicted octanol–water partition coefficient (Wildman–Crippen LogP) is 1.30. The fourth-order valence-corrected chi connectivity index (χ4v) is 2.82. The zero-order valence-corrected chi connectivity index (χ0v) is 16.1.